The second-order valence-electron chi connectivity index (χ2n) is 7.07. The number of aromatic nitrogens is 1. The van der Waals surface area contributed by atoms with Crippen molar-refractivity contribution in [3.8, 4) is 0 Å². The standard InChI is InChI=1S/C20H18F2N4O4/c1-11-10-25(13-3-4-14(21)15(22)9-13)6-7-26(11)19(28)18(27)23-12-2-5-16-17(8-12)30-20(29)24-16/h2-5,8-9,11H,6-7,10H2,1H3,(H,23,27)(H,24,29)/t11-/m1/s1. The van der Waals surface area contributed by atoms with Gasteiger partial charge in [0.05, 0.1) is 5.52 Å². The Balaban J connectivity index is 1.42. The molecule has 0 radical (unpaired) electrons. The number of oxazole rings is 1. The molecule has 2 heterocycles. The molecule has 2 amide bonds. The predicted molar refractivity (Wildman–Crippen MR) is 105 cm³/mol. The highest BCUT2D eigenvalue weighted by molar-refractivity contribution is 6.39. The summed E-state index contributed by atoms with van der Waals surface area (Å²) in [6.07, 6.45) is 0. The van der Waals surface area contributed by atoms with Crippen molar-refractivity contribution in [3.05, 3.63) is 58.6 Å². The molecule has 1 aliphatic heterocycles. The van der Waals surface area contributed by atoms with Crippen LogP contribution in [0.3, 0.4) is 0 Å². The number of hydrogen-bond acceptors (Lipinski definition) is 5. The van der Waals surface area contributed by atoms with Gasteiger partial charge in [0.25, 0.3) is 0 Å². The lowest BCUT2D eigenvalue weighted by molar-refractivity contribution is -0.144. The van der Waals surface area contributed by atoms with Crippen molar-refractivity contribution < 1.29 is 22.8 Å². The number of hydrogen-bond donors (Lipinski definition) is 2. The summed E-state index contributed by atoms with van der Waals surface area (Å²) in [5, 5.41) is 2.51. The maximum absolute atomic E-state index is 13.5. The zero-order chi connectivity index (χ0) is 21.4. The van der Waals surface area contributed by atoms with Gasteiger partial charge in [-0.2, -0.15) is 0 Å². The van der Waals surface area contributed by atoms with E-state index >= 15 is 0 Å². The van der Waals surface area contributed by atoms with Crippen molar-refractivity contribution in [1.29, 1.82) is 0 Å². The predicted octanol–water partition coefficient (Wildman–Crippen LogP) is 2.08. The number of anilines is 2. The van der Waals surface area contributed by atoms with Crippen LogP contribution >= 0.6 is 0 Å². The van der Waals surface area contributed by atoms with Crippen LogP contribution in [0.25, 0.3) is 11.1 Å². The maximum Gasteiger partial charge on any atom is 0.417 e. The minimum Gasteiger partial charge on any atom is -0.408 e. The number of benzene rings is 2. The number of nitrogens with zero attached hydrogens (tertiary/aromatic N) is 2. The maximum atomic E-state index is 13.5. The number of nitrogens with one attached hydrogen (secondary N) is 2. The van der Waals surface area contributed by atoms with E-state index in [1.54, 1.807) is 19.1 Å². The molecule has 0 bridgehead atoms. The number of piperazine rings is 1. The summed E-state index contributed by atoms with van der Waals surface area (Å²) in [6.45, 7) is 2.76. The molecule has 4 rings (SSSR count). The summed E-state index contributed by atoms with van der Waals surface area (Å²) in [7, 11) is 0. The molecular formula is C20H18F2N4O4. The van der Waals surface area contributed by atoms with Gasteiger partial charge in [0, 0.05) is 49.2 Å². The van der Waals surface area contributed by atoms with Crippen molar-refractivity contribution in [2.24, 2.45) is 0 Å². The molecule has 2 aromatic carbocycles. The van der Waals surface area contributed by atoms with E-state index in [4.69, 9.17) is 4.42 Å². The molecule has 1 fully saturated rings. The summed E-state index contributed by atoms with van der Waals surface area (Å²) >= 11 is 0. The molecule has 2 N–H and O–H groups in total. The van der Waals surface area contributed by atoms with Crippen LogP contribution in [0.2, 0.25) is 0 Å². The van der Waals surface area contributed by atoms with Crippen LogP contribution in [-0.2, 0) is 9.59 Å². The molecule has 0 saturated carbocycles. The van der Waals surface area contributed by atoms with E-state index in [1.165, 1.54) is 17.0 Å². The van der Waals surface area contributed by atoms with E-state index in [9.17, 15) is 23.2 Å². The van der Waals surface area contributed by atoms with Crippen molar-refractivity contribution in [2.45, 2.75) is 13.0 Å². The Morgan fingerprint density at radius 1 is 1.13 bits per heavy atom. The van der Waals surface area contributed by atoms with E-state index in [0.717, 1.165) is 12.1 Å². The number of carbonyl (C=O) groups is 2. The molecule has 3 aromatic rings. The van der Waals surface area contributed by atoms with Crippen LogP contribution in [-0.4, -0.2) is 47.4 Å². The second-order valence-corrected chi connectivity index (χ2v) is 7.07. The van der Waals surface area contributed by atoms with Crippen molar-refractivity contribution in [3.63, 3.8) is 0 Å². The number of carbonyl (C=O) groups excluding carboxylic acids is 2. The monoisotopic (exact) mass is 416 g/mol. The van der Waals surface area contributed by atoms with Crippen LogP contribution in [0.5, 0.6) is 0 Å². The quantitative estimate of drug-likeness (QED) is 0.624. The summed E-state index contributed by atoms with van der Waals surface area (Å²) in [5.41, 5.74) is 1.57. The second kappa shape index (κ2) is 7.62. The SMILES string of the molecule is C[C@@H]1CN(c2ccc(F)c(F)c2)CCN1C(=O)C(=O)Nc1ccc2[nH]c(=O)oc2c1. The Bertz CT molecular complexity index is 1190. The lowest BCUT2D eigenvalue weighted by Crippen LogP contribution is -2.56. The summed E-state index contributed by atoms with van der Waals surface area (Å²) in [5.74, 6) is -4.00. The van der Waals surface area contributed by atoms with Crippen LogP contribution in [0.4, 0.5) is 20.2 Å². The van der Waals surface area contributed by atoms with Crippen LogP contribution in [0.1, 0.15) is 6.92 Å². The highest BCUT2D eigenvalue weighted by Crippen LogP contribution is 2.22. The molecule has 8 nitrogen and oxygen atoms in total. The first-order valence-corrected chi connectivity index (χ1v) is 9.26. The van der Waals surface area contributed by atoms with E-state index in [1.807, 2.05) is 4.90 Å². The molecule has 156 valence electrons. The van der Waals surface area contributed by atoms with Gasteiger partial charge in [0.2, 0.25) is 0 Å². The van der Waals surface area contributed by atoms with Gasteiger partial charge in [-0.3, -0.25) is 14.6 Å². The van der Waals surface area contributed by atoms with Gasteiger partial charge in [-0.1, -0.05) is 0 Å². The summed E-state index contributed by atoms with van der Waals surface area (Å²) < 4.78 is 31.6. The minimum absolute atomic E-state index is 0.248. The molecule has 10 heteroatoms. The van der Waals surface area contributed by atoms with Gasteiger partial charge < -0.3 is 19.5 Å². The first-order chi connectivity index (χ1) is 14.3. The zero-order valence-corrected chi connectivity index (χ0v) is 15.9. The third-order valence-electron chi connectivity index (χ3n) is 5.03. The average Bonchev–Trinajstić information content (AvgIpc) is 3.08. The van der Waals surface area contributed by atoms with Gasteiger partial charge in [-0.05, 0) is 31.2 Å². The fourth-order valence-corrected chi connectivity index (χ4v) is 3.51. The van der Waals surface area contributed by atoms with Gasteiger partial charge in [-0.15, -0.1) is 0 Å². The lowest BCUT2D eigenvalue weighted by Gasteiger charge is -2.40. The van der Waals surface area contributed by atoms with E-state index < -0.39 is 29.2 Å². The number of aromatic amines is 1. The molecule has 1 saturated heterocycles. The van der Waals surface area contributed by atoms with Crippen molar-refractivity contribution >= 4 is 34.3 Å². The van der Waals surface area contributed by atoms with Gasteiger partial charge in [0.1, 0.15) is 0 Å². The number of fused-ring (bicyclic) bond motifs is 1. The minimum atomic E-state index is -0.937. The van der Waals surface area contributed by atoms with Crippen molar-refractivity contribution in [2.75, 3.05) is 29.9 Å². The third-order valence-corrected chi connectivity index (χ3v) is 5.03. The fraction of sp³-hybridized carbons (Fsp3) is 0.250. The largest absolute Gasteiger partial charge is 0.417 e. The van der Waals surface area contributed by atoms with Gasteiger partial charge >= 0.3 is 17.6 Å². The third kappa shape index (κ3) is 3.76. The summed E-state index contributed by atoms with van der Waals surface area (Å²) in [4.78, 5) is 42.0. The lowest BCUT2D eigenvalue weighted by atomic mass is 10.1. The van der Waals surface area contributed by atoms with Crippen molar-refractivity contribution in [1.82, 2.24) is 9.88 Å². The van der Waals surface area contributed by atoms with E-state index in [2.05, 4.69) is 10.3 Å². The molecule has 0 aliphatic carbocycles. The normalized spacial score (nSPS) is 16.7. The zero-order valence-electron chi connectivity index (χ0n) is 15.9. The van der Waals surface area contributed by atoms with E-state index in [0.29, 0.717) is 30.0 Å². The smallest absolute Gasteiger partial charge is 0.408 e. The van der Waals surface area contributed by atoms with Crippen LogP contribution in [0.15, 0.2) is 45.6 Å². The number of amides is 2. The number of H-pyrrole nitrogens is 1. The Labute approximate surface area is 169 Å². The number of halogens is 2. The first kappa shape index (κ1) is 19.6. The molecule has 1 atom stereocenters. The van der Waals surface area contributed by atoms with Gasteiger partial charge in [0.15, 0.2) is 17.2 Å². The Kier molecular flexibility index (Phi) is 4.98. The molecule has 1 aliphatic rings. The Hall–Kier alpha value is -3.69. The average molecular weight is 416 g/mol. The highest BCUT2D eigenvalue weighted by atomic mass is 19.2. The molecule has 0 spiro atoms. The molecular weight excluding hydrogens is 398 g/mol. The Morgan fingerprint density at radius 2 is 1.93 bits per heavy atom. The van der Waals surface area contributed by atoms with Crippen LogP contribution in [0, 0.1) is 11.6 Å². The highest BCUT2D eigenvalue weighted by Gasteiger charge is 2.31. The fourth-order valence-electron chi connectivity index (χ4n) is 3.51. The molecule has 30 heavy (non-hydrogen) atoms. The Morgan fingerprint density at radius 3 is 2.67 bits per heavy atom. The van der Waals surface area contributed by atoms with Gasteiger partial charge in [-0.25, -0.2) is 13.6 Å². The topological polar surface area (TPSA) is 98.6 Å². The number of rotatable bonds is 2. The summed E-state index contributed by atoms with van der Waals surface area (Å²) in [6, 6.07) is 7.88. The molecule has 1 aromatic heterocycles. The van der Waals surface area contributed by atoms with Crippen LogP contribution < -0.4 is 16.0 Å². The van der Waals surface area contributed by atoms with E-state index in [-0.39, 0.29) is 18.2 Å². The first-order valence-electron chi connectivity index (χ1n) is 9.26. The molecule has 0 unspecified atom stereocenters.